The van der Waals surface area contributed by atoms with Crippen LogP contribution in [0.4, 0.5) is 0 Å². The molecule has 1 aromatic carbocycles. The van der Waals surface area contributed by atoms with Crippen molar-refractivity contribution >= 4 is 5.91 Å². The number of amides is 1. The van der Waals surface area contributed by atoms with Crippen LogP contribution in [0.15, 0.2) is 30.3 Å². The minimum atomic E-state index is -1.16. The van der Waals surface area contributed by atoms with Crippen LogP contribution < -0.4 is 11.5 Å². The lowest BCUT2D eigenvalue weighted by Gasteiger charge is -2.38. The lowest BCUT2D eigenvalue weighted by molar-refractivity contribution is -0.125. The highest BCUT2D eigenvalue weighted by molar-refractivity contribution is 5.86. The van der Waals surface area contributed by atoms with Crippen molar-refractivity contribution in [3.63, 3.8) is 0 Å². The van der Waals surface area contributed by atoms with Crippen molar-refractivity contribution in [3.05, 3.63) is 35.9 Å². The van der Waals surface area contributed by atoms with Gasteiger partial charge in [-0.3, -0.25) is 9.69 Å². The largest absolute Gasteiger partial charge is 0.376 e. The number of primary amides is 1. The molecule has 5 nitrogen and oxygen atoms in total. The van der Waals surface area contributed by atoms with Gasteiger partial charge < -0.3 is 16.2 Å². The van der Waals surface area contributed by atoms with E-state index in [9.17, 15) is 4.79 Å². The second-order valence-corrected chi connectivity index (χ2v) is 5.34. The maximum absolute atomic E-state index is 11.9. The molecule has 5 heteroatoms. The summed E-state index contributed by atoms with van der Waals surface area (Å²) in [7, 11) is 0. The molecule has 0 aromatic heterocycles. The van der Waals surface area contributed by atoms with E-state index in [0.717, 1.165) is 25.1 Å². The van der Waals surface area contributed by atoms with Gasteiger partial charge in [0.2, 0.25) is 5.91 Å². The molecule has 2 unspecified atom stereocenters. The third kappa shape index (κ3) is 3.17. The maximum atomic E-state index is 11.9. The lowest BCUT2D eigenvalue weighted by Crippen LogP contribution is -2.58. The summed E-state index contributed by atoms with van der Waals surface area (Å²) in [5, 5.41) is 0. The summed E-state index contributed by atoms with van der Waals surface area (Å²) in [5.74, 6) is -0.497. The molecular formula is C15H23N3O2. The zero-order valence-electron chi connectivity index (χ0n) is 11.9. The van der Waals surface area contributed by atoms with Crippen LogP contribution in [0.25, 0.3) is 0 Å². The highest BCUT2D eigenvalue weighted by Crippen LogP contribution is 2.21. The Labute approximate surface area is 119 Å². The number of ether oxygens (including phenoxy) is 1. The fraction of sp³-hybridized carbons (Fsp3) is 0.533. The number of hydrogen-bond donors (Lipinski definition) is 2. The third-order valence-electron chi connectivity index (χ3n) is 3.88. The highest BCUT2D eigenvalue weighted by Gasteiger charge is 2.37. The molecule has 1 heterocycles. The minimum Gasteiger partial charge on any atom is -0.376 e. The normalized spacial score (nSPS) is 23.2. The average Bonchev–Trinajstić information content (AvgIpc) is 2.48. The average molecular weight is 277 g/mol. The van der Waals surface area contributed by atoms with Crippen molar-refractivity contribution < 1.29 is 9.53 Å². The van der Waals surface area contributed by atoms with Crippen LogP contribution in [-0.2, 0) is 15.1 Å². The lowest BCUT2D eigenvalue weighted by atomic mass is 9.89. The van der Waals surface area contributed by atoms with Gasteiger partial charge in [0.05, 0.1) is 12.7 Å². The van der Waals surface area contributed by atoms with Gasteiger partial charge in [0, 0.05) is 19.6 Å². The van der Waals surface area contributed by atoms with E-state index in [1.807, 2.05) is 30.3 Å². The molecule has 2 rings (SSSR count). The molecule has 4 N–H and O–H groups in total. The second kappa shape index (κ2) is 6.35. The SMILES string of the molecule is CCC1CN(CC(N)(C(N)=O)c2ccccc2)CCO1. The van der Waals surface area contributed by atoms with Crippen LogP contribution >= 0.6 is 0 Å². The van der Waals surface area contributed by atoms with Crippen molar-refractivity contribution in [2.24, 2.45) is 11.5 Å². The number of nitrogens with zero attached hydrogens (tertiary/aromatic N) is 1. The first-order valence-electron chi connectivity index (χ1n) is 7.04. The van der Waals surface area contributed by atoms with E-state index in [4.69, 9.17) is 16.2 Å². The number of morpholine rings is 1. The molecule has 0 saturated carbocycles. The van der Waals surface area contributed by atoms with Gasteiger partial charge in [-0.1, -0.05) is 37.3 Å². The number of hydrogen-bond acceptors (Lipinski definition) is 4. The van der Waals surface area contributed by atoms with E-state index >= 15 is 0 Å². The van der Waals surface area contributed by atoms with E-state index in [2.05, 4.69) is 11.8 Å². The molecule has 0 aliphatic carbocycles. The molecule has 1 amide bonds. The number of carbonyl (C=O) groups is 1. The van der Waals surface area contributed by atoms with Crippen LogP contribution in [0, 0.1) is 0 Å². The maximum Gasteiger partial charge on any atom is 0.243 e. The summed E-state index contributed by atoms with van der Waals surface area (Å²) in [6.45, 7) is 4.74. The fourth-order valence-corrected chi connectivity index (χ4v) is 2.57. The molecule has 20 heavy (non-hydrogen) atoms. The molecule has 110 valence electrons. The first kappa shape index (κ1) is 15.0. The Hall–Kier alpha value is -1.43. The summed E-state index contributed by atoms with van der Waals surface area (Å²) in [5.41, 5.74) is 11.5. The van der Waals surface area contributed by atoms with Crippen molar-refractivity contribution in [1.82, 2.24) is 4.90 Å². The van der Waals surface area contributed by atoms with E-state index < -0.39 is 11.4 Å². The molecule has 1 aliphatic heterocycles. The summed E-state index contributed by atoms with van der Waals surface area (Å²) < 4.78 is 5.64. The van der Waals surface area contributed by atoms with E-state index in [1.54, 1.807) is 0 Å². The monoisotopic (exact) mass is 277 g/mol. The van der Waals surface area contributed by atoms with Gasteiger partial charge in [-0.05, 0) is 12.0 Å². The zero-order chi connectivity index (χ0) is 14.6. The smallest absolute Gasteiger partial charge is 0.243 e. The van der Waals surface area contributed by atoms with Gasteiger partial charge >= 0.3 is 0 Å². The van der Waals surface area contributed by atoms with Gasteiger partial charge in [-0.25, -0.2) is 0 Å². The van der Waals surface area contributed by atoms with Crippen molar-refractivity contribution in [3.8, 4) is 0 Å². The minimum absolute atomic E-state index is 0.205. The van der Waals surface area contributed by atoms with E-state index in [-0.39, 0.29) is 6.10 Å². The van der Waals surface area contributed by atoms with Gasteiger partial charge in [-0.2, -0.15) is 0 Å². The van der Waals surface area contributed by atoms with Crippen LogP contribution in [0.1, 0.15) is 18.9 Å². The molecule has 0 spiro atoms. The predicted octanol–water partition coefficient (Wildman–Crippen LogP) is 0.437. The zero-order valence-corrected chi connectivity index (χ0v) is 11.9. The van der Waals surface area contributed by atoms with Crippen LogP contribution in [0.5, 0.6) is 0 Å². The van der Waals surface area contributed by atoms with Crippen LogP contribution in [-0.4, -0.2) is 43.2 Å². The van der Waals surface area contributed by atoms with Crippen molar-refractivity contribution in [2.75, 3.05) is 26.2 Å². The van der Waals surface area contributed by atoms with E-state index in [1.165, 1.54) is 0 Å². The third-order valence-corrected chi connectivity index (χ3v) is 3.88. The molecule has 0 bridgehead atoms. The Morgan fingerprint density at radius 2 is 2.15 bits per heavy atom. The first-order valence-corrected chi connectivity index (χ1v) is 7.04. The first-order chi connectivity index (χ1) is 9.56. The number of rotatable bonds is 5. The summed E-state index contributed by atoms with van der Waals surface area (Å²) in [6.07, 6.45) is 1.16. The number of nitrogens with two attached hydrogens (primary N) is 2. The molecule has 0 radical (unpaired) electrons. The highest BCUT2D eigenvalue weighted by atomic mass is 16.5. The van der Waals surface area contributed by atoms with Crippen LogP contribution in [0.3, 0.4) is 0 Å². The standard InChI is InChI=1S/C15H23N3O2/c1-2-13-10-18(8-9-20-13)11-15(17,14(16)19)12-6-4-3-5-7-12/h3-7,13H,2,8-11,17H2,1H3,(H2,16,19). The van der Waals surface area contributed by atoms with Crippen molar-refractivity contribution in [2.45, 2.75) is 25.0 Å². The molecular weight excluding hydrogens is 254 g/mol. The van der Waals surface area contributed by atoms with Crippen LogP contribution in [0.2, 0.25) is 0 Å². The Kier molecular flexibility index (Phi) is 4.75. The Morgan fingerprint density at radius 1 is 1.45 bits per heavy atom. The van der Waals surface area contributed by atoms with Gasteiger partial charge in [0.15, 0.2) is 0 Å². The molecule has 1 aromatic rings. The molecule has 1 aliphatic rings. The van der Waals surface area contributed by atoms with Gasteiger partial charge in [0.1, 0.15) is 5.54 Å². The summed E-state index contributed by atoms with van der Waals surface area (Å²) in [6, 6.07) is 9.33. The molecule has 1 fully saturated rings. The van der Waals surface area contributed by atoms with Crippen molar-refractivity contribution in [1.29, 1.82) is 0 Å². The quantitative estimate of drug-likeness (QED) is 0.818. The second-order valence-electron chi connectivity index (χ2n) is 5.34. The number of carbonyl (C=O) groups excluding carboxylic acids is 1. The Bertz CT molecular complexity index is 452. The number of benzene rings is 1. The van der Waals surface area contributed by atoms with Gasteiger partial charge in [-0.15, -0.1) is 0 Å². The Morgan fingerprint density at radius 3 is 2.75 bits per heavy atom. The van der Waals surface area contributed by atoms with E-state index in [0.29, 0.717) is 13.2 Å². The Balaban J connectivity index is 2.15. The molecule has 1 saturated heterocycles. The molecule has 2 atom stereocenters. The predicted molar refractivity (Wildman–Crippen MR) is 78.0 cm³/mol. The topological polar surface area (TPSA) is 81.6 Å². The fourth-order valence-electron chi connectivity index (χ4n) is 2.57. The summed E-state index contributed by atoms with van der Waals surface area (Å²) >= 11 is 0. The van der Waals surface area contributed by atoms with Gasteiger partial charge in [0.25, 0.3) is 0 Å². The summed E-state index contributed by atoms with van der Waals surface area (Å²) in [4.78, 5) is 14.0.